The number of carbonyl (C=O) groups is 1. The molecular weight excluding hydrogens is 620 g/mol. The zero-order valence-corrected chi connectivity index (χ0v) is 26.5. The van der Waals surface area contributed by atoms with E-state index in [-0.39, 0.29) is 12.5 Å². The normalized spacial score (nSPS) is 16.8. The van der Waals surface area contributed by atoms with Crippen molar-refractivity contribution in [3.05, 3.63) is 87.9 Å². The minimum Gasteiger partial charge on any atom is -0.497 e. The lowest BCUT2D eigenvalue weighted by Gasteiger charge is -2.47. The summed E-state index contributed by atoms with van der Waals surface area (Å²) < 4.78 is 29.3. The van der Waals surface area contributed by atoms with Gasteiger partial charge in [0.25, 0.3) is 5.91 Å². The Bertz CT molecular complexity index is 1330. The summed E-state index contributed by atoms with van der Waals surface area (Å²) in [6, 6.07) is 20.2. The van der Waals surface area contributed by atoms with Crippen molar-refractivity contribution in [2.75, 3.05) is 42.1 Å². The summed E-state index contributed by atoms with van der Waals surface area (Å²) in [5.74, 6) is 0.701. The Morgan fingerprint density at radius 2 is 1.86 bits per heavy atom. The molecule has 0 bridgehead atoms. The lowest BCUT2D eigenvalue weighted by atomic mass is 10.00. The van der Waals surface area contributed by atoms with Crippen LogP contribution in [0.3, 0.4) is 0 Å². The van der Waals surface area contributed by atoms with E-state index < -0.39 is 22.9 Å². The van der Waals surface area contributed by atoms with Gasteiger partial charge in [0, 0.05) is 41.9 Å². The van der Waals surface area contributed by atoms with E-state index >= 15 is 0 Å². The predicted molar refractivity (Wildman–Crippen MR) is 175 cm³/mol. The molecule has 0 aliphatic carbocycles. The minimum absolute atomic E-state index is 0.254. The van der Waals surface area contributed by atoms with Crippen molar-refractivity contribution in [3.8, 4) is 5.75 Å². The maximum absolute atomic E-state index is 13.7. The first kappa shape index (κ1) is 32.1. The van der Waals surface area contributed by atoms with Gasteiger partial charge in [-0.2, -0.15) is 0 Å². The SMILES string of the molecule is CCNc1cc(C(=O)NC(Cc2ccccc2)C(O)CNCc2cc(Br)cc(OC)c2)cc(N2CCCCS2(O)O)c1. The molecule has 3 aromatic carbocycles. The average molecular weight is 662 g/mol. The fourth-order valence-electron chi connectivity index (χ4n) is 5.05. The molecule has 1 aliphatic heterocycles. The van der Waals surface area contributed by atoms with Gasteiger partial charge in [-0.3, -0.25) is 18.2 Å². The molecule has 1 fully saturated rings. The number of ether oxygens (including phenoxy) is 1. The van der Waals surface area contributed by atoms with E-state index in [0.29, 0.717) is 48.7 Å². The quantitative estimate of drug-likeness (QED) is 0.139. The highest BCUT2D eigenvalue weighted by molar-refractivity contribution is 9.10. The molecule has 1 aliphatic rings. The first-order valence-electron chi connectivity index (χ1n) is 14.2. The number of amides is 1. The van der Waals surface area contributed by atoms with Crippen LogP contribution < -0.4 is 25.0 Å². The lowest BCUT2D eigenvalue weighted by molar-refractivity contribution is 0.0830. The van der Waals surface area contributed by atoms with Crippen LogP contribution in [-0.4, -0.2) is 64.8 Å². The van der Waals surface area contributed by atoms with Crippen molar-refractivity contribution in [2.24, 2.45) is 0 Å². The van der Waals surface area contributed by atoms with Crippen molar-refractivity contribution < 1.29 is 23.7 Å². The highest BCUT2D eigenvalue weighted by Gasteiger charge is 2.28. The van der Waals surface area contributed by atoms with Crippen LogP contribution in [0.4, 0.5) is 11.4 Å². The molecule has 11 heteroatoms. The smallest absolute Gasteiger partial charge is 0.251 e. The monoisotopic (exact) mass is 660 g/mol. The molecule has 2 unspecified atom stereocenters. The number of halogens is 1. The lowest BCUT2D eigenvalue weighted by Crippen LogP contribution is -2.48. The maximum Gasteiger partial charge on any atom is 0.251 e. The number of benzene rings is 3. The molecule has 9 nitrogen and oxygen atoms in total. The van der Waals surface area contributed by atoms with Crippen LogP contribution >= 0.6 is 26.7 Å². The number of carbonyl (C=O) groups excluding carboxylic acids is 1. The number of hydrogen-bond acceptors (Lipinski definition) is 8. The van der Waals surface area contributed by atoms with Crippen LogP contribution in [0, 0.1) is 0 Å². The zero-order chi connectivity index (χ0) is 30.1. The minimum atomic E-state index is -2.95. The van der Waals surface area contributed by atoms with Crippen molar-refractivity contribution in [3.63, 3.8) is 0 Å². The molecule has 1 amide bonds. The zero-order valence-electron chi connectivity index (χ0n) is 24.1. The summed E-state index contributed by atoms with van der Waals surface area (Å²) in [7, 11) is -1.33. The van der Waals surface area contributed by atoms with Crippen molar-refractivity contribution in [2.45, 2.75) is 44.9 Å². The van der Waals surface area contributed by atoms with Crippen LogP contribution in [-0.2, 0) is 13.0 Å². The summed E-state index contributed by atoms with van der Waals surface area (Å²) in [5, 5.41) is 20.9. The molecular formula is C31H41BrN4O5S. The first-order chi connectivity index (χ1) is 20.2. The van der Waals surface area contributed by atoms with E-state index in [0.717, 1.165) is 34.2 Å². The molecule has 0 radical (unpaired) electrons. The second-order valence-corrected chi connectivity index (χ2v) is 13.4. The van der Waals surface area contributed by atoms with Gasteiger partial charge in [0.05, 0.1) is 30.7 Å². The highest BCUT2D eigenvalue weighted by Crippen LogP contribution is 2.50. The standard InChI is InChI=1S/C31H41BrN4O5S/c1-3-34-26-16-24(17-27(19-26)36-11-7-8-12-42(36,39)40)31(38)35-29(15-22-9-5-4-6-10-22)30(37)21-33-20-23-13-25(32)18-28(14-23)41-2/h4-6,9-10,13-14,16-19,29-30,33-34,37,39-40H,3,7-8,11-12,15,20-21H2,1-2H3,(H,35,38). The van der Waals surface area contributed by atoms with Crippen molar-refractivity contribution >= 4 is 44.0 Å². The number of anilines is 2. The molecule has 6 N–H and O–H groups in total. The molecule has 1 saturated heterocycles. The van der Waals surface area contributed by atoms with Crippen LogP contribution in [0.1, 0.15) is 41.3 Å². The third kappa shape index (κ3) is 8.85. The molecule has 0 spiro atoms. The fourth-order valence-corrected chi connectivity index (χ4v) is 7.24. The van der Waals surface area contributed by atoms with E-state index in [1.54, 1.807) is 23.5 Å². The molecule has 228 valence electrons. The largest absolute Gasteiger partial charge is 0.497 e. The number of aliphatic hydroxyl groups excluding tert-OH is 1. The molecule has 0 saturated carbocycles. The van der Waals surface area contributed by atoms with E-state index in [9.17, 15) is 19.0 Å². The van der Waals surface area contributed by atoms with Crippen LogP contribution in [0.5, 0.6) is 5.75 Å². The third-order valence-corrected chi connectivity index (χ3v) is 9.55. The van der Waals surface area contributed by atoms with Gasteiger partial charge in [-0.1, -0.05) is 46.3 Å². The van der Waals surface area contributed by atoms with E-state index in [1.807, 2.05) is 61.5 Å². The van der Waals surface area contributed by atoms with Crippen LogP contribution in [0.15, 0.2) is 71.2 Å². The number of methoxy groups -OCH3 is 1. The number of rotatable bonds is 13. The highest BCUT2D eigenvalue weighted by atomic mass is 79.9. The molecule has 2 atom stereocenters. The van der Waals surface area contributed by atoms with Gasteiger partial charge in [0.1, 0.15) is 5.75 Å². The van der Waals surface area contributed by atoms with Gasteiger partial charge >= 0.3 is 0 Å². The summed E-state index contributed by atoms with van der Waals surface area (Å²) in [6.45, 7) is 3.87. The third-order valence-electron chi connectivity index (χ3n) is 7.16. The van der Waals surface area contributed by atoms with Crippen molar-refractivity contribution in [1.82, 2.24) is 10.6 Å². The Hall–Kier alpha value is -2.80. The average Bonchev–Trinajstić information content (AvgIpc) is 2.96. The number of hydrogen-bond donors (Lipinski definition) is 6. The fraction of sp³-hybridized carbons (Fsp3) is 0.387. The number of aliphatic hydroxyl groups is 1. The van der Waals surface area contributed by atoms with E-state index in [1.165, 1.54) is 0 Å². The Balaban J connectivity index is 1.52. The Labute approximate surface area is 258 Å². The van der Waals surface area contributed by atoms with Crippen LogP contribution in [0.25, 0.3) is 0 Å². The topological polar surface area (TPSA) is 126 Å². The summed E-state index contributed by atoms with van der Waals surface area (Å²) >= 11 is 3.50. The van der Waals surface area contributed by atoms with Gasteiger partial charge in [0.15, 0.2) is 0 Å². The van der Waals surface area contributed by atoms with Gasteiger partial charge < -0.3 is 25.8 Å². The predicted octanol–water partition coefficient (Wildman–Crippen LogP) is 5.65. The second kappa shape index (κ2) is 15.1. The van der Waals surface area contributed by atoms with Gasteiger partial charge in [-0.05, 0) is 73.7 Å². The Morgan fingerprint density at radius 1 is 1.07 bits per heavy atom. The first-order valence-corrected chi connectivity index (χ1v) is 16.6. The van der Waals surface area contributed by atoms with Gasteiger partial charge in [-0.25, -0.2) is 0 Å². The van der Waals surface area contributed by atoms with Gasteiger partial charge in [-0.15, -0.1) is 10.8 Å². The Kier molecular flexibility index (Phi) is 11.5. The molecule has 1 heterocycles. The molecule has 42 heavy (non-hydrogen) atoms. The Morgan fingerprint density at radius 3 is 2.57 bits per heavy atom. The molecule has 0 aromatic heterocycles. The summed E-state index contributed by atoms with van der Waals surface area (Å²) in [5.41, 5.74) is 3.66. The van der Waals surface area contributed by atoms with Crippen LogP contribution in [0.2, 0.25) is 0 Å². The van der Waals surface area contributed by atoms with Gasteiger partial charge in [0.2, 0.25) is 0 Å². The maximum atomic E-state index is 13.7. The van der Waals surface area contributed by atoms with Crippen molar-refractivity contribution in [1.29, 1.82) is 0 Å². The molecule has 3 aromatic rings. The summed E-state index contributed by atoms with van der Waals surface area (Å²) in [6.07, 6.45) is 1.15. The second-order valence-electron chi connectivity index (χ2n) is 10.4. The number of nitrogens with zero attached hydrogens (tertiary/aromatic N) is 1. The van der Waals surface area contributed by atoms with E-state index in [2.05, 4.69) is 31.9 Å². The summed E-state index contributed by atoms with van der Waals surface area (Å²) in [4.78, 5) is 13.7. The number of nitrogens with one attached hydrogen (secondary N) is 3. The van der Waals surface area contributed by atoms with E-state index in [4.69, 9.17) is 4.74 Å². The molecule has 4 rings (SSSR count).